The molecule has 0 spiro atoms. The quantitative estimate of drug-likeness (QED) is 0.678. The van der Waals surface area contributed by atoms with Crippen LogP contribution in [0.4, 0.5) is 5.69 Å². The Labute approximate surface area is 141 Å². The number of rotatable bonds is 2. The predicted molar refractivity (Wildman–Crippen MR) is 98.3 cm³/mol. The fraction of sp³-hybridized carbons (Fsp3) is 0.158. The lowest BCUT2D eigenvalue weighted by atomic mass is 10.0. The number of amides is 1. The molecular formula is C19H18N2OS. The maximum Gasteiger partial charge on any atom is 0.250 e. The Morgan fingerprint density at radius 2 is 1.83 bits per heavy atom. The Morgan fingerprint density at radius 1 is 1.09 bits per heavy atom. The number of thiocarbonyl (C=S) groups is 1. The first-order valence-electron chi connectivity index (χ1n) is 7.67. The fourth-order valence-corrected chi connectivity index (χ4v) is 2.99. The van der Waals surface area contributed by atoms with Gasteiger partial charge in [-0.15, -0.1) is 0 Å². The van der Waals surface area contributed by atoms with Crippen LogP contribution in [0, 0.1) is 0 Å². The van der Waals surface area contributed by atoms with E-state index >= 15 is 0 Å². The van der Waals surface area contributed by atoms with Gasteiger partial charge in [0.1, 0.15) is 0 Å². The number of aryl methyl sites for hydroxylation is 1. The summed E-state index contributed by atoms with van der Waals surface area (Å²) in [4.78, 5) is 14.1. The third kappa shape index (κ3) is 3.85. The molecule has 0 saturated heterocycles. The second kappa shape index (κ2) is 7.20. The molecule has 23 heavy (non-hydrogen) atoms. The molecule has 1 N–H and O–H groups in total. The summed E-state index contributed by atoms with van der Waals surface area (Å²) in [5, 5.41) is 3.25. The molecule has 4 heteroatoms. The highest BCUT2D eigenvalue weighted by molar-refractivity contribution is 7.80. The first-order valence-corrected chi connectivity index (χ1v) is 8.08. The normalized spacial score (nSPS) is 13.7. The highest BCUT2D eigenvalue weighted by atomic mass is 32.1. The third-order valence-corrected chi connectivity index (χ3v) is 4.13. The van der Waals surface area contributed by atoms with Gasteiger partial charge in [0.2, 0.25) is 5.91 Å². The average molecular weight is 322 g/mol. The van der Waals surface area contributed by atoms with E-state index in [1.165, 1.54) is 11.6 Å². The third-order valence-electron chi connectivity index (χ3n) is 3.81. The van der Waals surface area contributed by atoms with Gasteiger partial charge < -0.3 is 4.90 Å². The molecule has 0 aliphatic carbocycles. The number of hydrogen-bond donors (Lipinski definition) is 1. The second-order valence-corrected chi connectivity index (χ2v) is 5.81. The minimum Gasteiger partial charge on any atom is -0.318 e. The number of carbonyl (C=O) groups is 1. The molecule has 0 unspecified atom stereocenters. The molecule has 0 saturated carbocycles. The van der Waals surface area contributed by atoms with Gasteiger partial charge in [0.25, 0.3) is 0 Å². The van der Waals surface area contributed by atoms with Gasteiger partial charge in [-0.25, -0.2) is 0 Å². The molecule has 1 aliphatic rings. The first-order chi connectivity index (χ1) is 11.2. The summed E-state index contributed by atoms with van der Waals surface area (Å²) >= 11 is 5.42. The highest BCUT2D eigenvalue weighted by Gasteiger charge is 2.20. The summed E-state index contributed by atoms with van der Waals surface area (Å²) in [6.07, 6.45) is 5.38. The molecule has 0 bridgehead atoms. The highest BCUT2D eigenvalue weighted by Crippen LogP contribution is 2.26. The molecular weight excluding hydrogens is 304 g/mol. The van der Waals surface area contributed by atoms with Crippen molar-refractivity contribution in [2.45, 2.75) is 12.8 Å². The van der Waals surface area contributed by atoms with Gasteiger partial charge in [-0.05, 0) is 48.3 Å². The lowest BCUT2D eigenvalue weighted by Crippen LogP contribution is -2.44. The Bertz CT molecular complexity index is 740. The molecule has 1 heterocycles. The zero-order valence-electron chi connectivity index (χ0n) is 12.7. The van der Waals surface area contributed by atoms with Crippen molar-refractivity contribution >= 4 is 35.0 Å². The topological polar surface area (TPSA) is 32.3 Å². The lowest BCUT2D eigenvalue weighted by molar-refractivity contribution is -0.115. The molecule has 0 fully saturated rings. The SMILES string of the molecule is O=C(/C=C/c1ccccc1)NC(=S)N1CCCc2ccccc21. The second-order valence-electron chi connectivity index (χ2n) is 5.42. The number of benzene rings is 2. The summed E-state index contributed by atoms with van der Waals surface area (Å²) < 4.78 is 0. The molecule has 2 aromatic carbocycles. The van der Waals surface area contributed by atoms with Crippen molar-refractivity contribution in [2.24, 2.45) is 0 Å². The van der Waals surface area contributed by atoms with Crippen molar-refractivity contribution in [3.05, 3.63) is 71.8 Å². The predicted octanol–water partition coefficient (Wildman–Crippen LogP) is 3.55. The van der Waals surface area contributed by atoms with Crippen molar-refractivity contribution in [3.63, 3.8) is 0 Å². The van der Waals surface area contributed by atoms with Crippen LogP contribution in [0.5, 0.6) is 0 Å². The van der Waals surface area contributed by atoms with Crippen LogP contribution in [0.1, 0.15) is 17.5 Å². The van der Waals surface area contributed by atoms with Crippen LogP contribution in [0.3, 0.4) is 0 Å². The number of nitrogens with zero attached hydrogens (tertiary/aromatic N) is 1. The van der Waals surface area contributed by atoms with Crippen LogP contribution in [0.25, 0.3) is 6.08 Å². The summed E-state index contributed by atoms with van der Waals surface area (Å²) in [5.74, 6) is -0.207. The van der Waals surface area contributed by atoms with Crippen LogP contribution < -0.4 is 10.2 Å². The molecule has 0 atom stereocenters. The fourth-order valence-electron chi connectivity index (χ4n) is 2.70. The van der Waals surface area contributed by atoms with Crippen LogP contribution in [0.2, 0.25) is 0 Å². The van der Waals surface area contributed by atoms with Crippen LogP contribution >= 0.6 is 12.2 Å². The zero-order chi connectivity index (χ0) is 16.1. The van der Waals surface area contributed by atoms with Gasteiger partial charge in [0.05, 0.1) is 0 Å². The molecule has 1 amide bonds. The van der Waals surface area contributed by atoms with E-state index in [1.54, 1.807) is 6.08 Å². The summed E-state index contributed by atoms with van der Waals surface area (Å²) in [5.41, 5.74) is 3.35. The number of anilines is 1. The van der Waals surface area contributed by atoms with E-state index in [2.05, 4.69) is 11.4 Å². The molecule has 3 rings (SSSR count). The Kier molecular flexibility index (Phi) is 4.83. The van der Waals surface area contributed by atoms with Gasteiger partial charge in [0.15, 0.2) is 5.11 Å². The van der Waals surface area contributed by atoms with Crippen molar-refractivity contribution < 1.29 is 4.79 Å². The summed E-state index contributed by atoms with van der Waals surface area (Å²) in [6, 6.07) is 17.9. The molecule has 3 nitrogen and oxygen atoms in total. The van der Waals surface area contributed by atoms with Gasteiger partial charge in [-0.1, -0.05) is 48.5 Å². The number of para-hydroxylation sites is 1. The molecule has 2 aromatic rings. The molecule has 0 aromatic heterocycles. The van der Waals surface area contributed by atoms with E-state index in [-0.39, 0.29) is 5.91 Å². The standard InChI is InChI=1S/C19H18N2OS/c22-18(13-12-15-7-2-1-3-8-15)20-19(23)21-14-6-10-16-9-4-5-11-17(16)21/h1-5,7-9,11-13H,6,10,14H2,(H,20,22,23)/b13-12+. The Morgan fingerprint density at radius 3 is 2.65 bits per heavy atom. The van der Waals surface area contributed by atoms with Crippen LogP contribution in [0.15, 0.2) is 60.7 Å². The maximum absolute atomic E-state index is 12.1. The Balaban J connectivity index is 1.66. The lowest BCUT2D eigenvalue weighted by Gasteiger charge is -2.31. The van der Waals surface area contributed by atoms with Crippen molar-refractivity contribution in [3.8, 4) is 0 Å². The molecule has 0 radical (unpaired) electrons. The number of carbonyl (C=O) groups excluding carboxylic acids is 1. The molecule has 1 aliphatic heterocycles. The average Bonchev–Trinajstić information content (AvgIpc) is 2.60. The van der Waals surface area contributed by atoms with E-state index < -0.39 is 0 Å². The smallest absolute Gasteiger partial charge is 0.250 e. The summed E-state index contributed by atoms with van der Waals surface area (Å²) in [7, 11) is 0. The Hall–Kier alpha value is -2.46. The van der Waals surface area contributed by atoms with Gasteiger partial charge in [0, 0.05) is 18.3 Å². The number of nitrogens with one attached hydrogen (secondary N) is 1. The van der Waals surface area contributed by atoms with E-state index in [0.29, 0.717) is 5.11 Å². The van der Waals surface area contributed by atoms with Crippen molar-refractivity contribution in [2.75, 3.05) is 11.4 Å². The molecule has 116 valence electrons. The van der Waals surface area contributed by atoms with E-state index in [9.17, 15) is 4.79 Å². The van der Waals surface area contributed by atoms with E-state index in [0.717, 1.165) is 30.6 Å². The monoisotopic (exact) mass is 322 g/mol. The maximum atomic E-state index is 12.1. The largest absolute Gasteiger partial charge is 0.318 e. The number of fused-ring (bicyclic) bond motifs is 1. The minimum atomic E-state index is -0.207. The van der Waals surface area contributed by atoms with E-state index in [4.69, 9.17) is 12.2 Å². The minimum absolute atomic E-state index is 0.207. The number of hydrogen-bond acceptors (Lipinski definition) is 2. The van der Waals surface area contributed by atoms with Crippen LogP contribution in [-0.4, -0.2) is 17.6 Å². The van der Waals surface area contributed by atoms with Crippen molar-refractivity contribution in [1.29, 1.82) is 0 Å². The summed E-state index contributed by atoms with van der Waals surface area (Å²) in [6.45, 7) is 0.832. The van der Waals surface area contributed by atoms with Gasteiger partial charge >= 0.3 is 0 Å². The van der Waals surface area contributed by atoms with Gasteiger partial charge in [-0.3, -0.25) is 10.1 Å². The van der Waals surface area contributed by atoms with Crippen LogP contribution in [-0.2, 0) is 11.2 Å². The first kappa shape index (κ1) is 15.4. The van der Waals surface area contributed by atoms with Gasteiger partial charge in [-0.2, -0.15) is 0 Å². The zero-order valence-corrected chi connectivity index (χ0v) is 13.6. The van der Waals surface area contributed by atoms with E-state index in [1.807, 2.05) is 53.4 Å². The van der Waals surface area contributed by atoms with Crippen molar-refractivity contribution in [1.82, 2.24) is 5.32 Å².